The molecule has 0 bridgehead atoms. The Morgan fingerprint density at radius 1 is 0.722 bits per heavy atom. The molecule has 0 unspecified atom stereocenters. The Kier molecular flexibility index (Phi) is 7.64. The van der Waals surface area contributed by atoms with Crippen LogP contribution < -0.4 is 0 Å². The van der Waals surface area contributed by atoms with Crippen molar-refractivity contribution >= 4 is 54.7 Å². The van der Waals surface area contributed by atoms with Crippen molar-refractivity contribution in [1.29, 1.82) is 0 Å². The standard InChI is InChI=1S/C10H17Cl4O3P/c11-5-1-9(2-6-12)10(3-7-13,4-8-14)17-18(15)16-9/h18H,1-8H2. The molecule has 1 saturated heterocycles. The summed E-state index contributed by atoms with van der Waals surface area (Å²) in [6.45, 7) is 0. The molecule has 1 heterocycles. The Morgan fingerprint density at radius 2 is 1.00 bits per heavy atom. The van der Waals surface area contributed by atoms with E-state index in [1.165, 1.54) is 0 Å². The van der Waals surface area contributed by atoms with Crippen LogP contribution in [-0.2, 0) is 13.6 Å². The minimum atomic E-state index is -2.54. The summed E-state index contributed by atoms with van der Waals surface area (Å²) in [6.07, 6.45) is 2.08. The molecule has 0 aromatic carbocycles. The van der Waals surface area contributed by atoms with Gasteiger partial charge in [0.2, 0.25) is 0 Å². The highest BCUT2D eigenvalue weighted by Crippen LogP contribution is 2.58. The third kappa shape index (κ3) is 3.49. The third-order valence-electron chi connectivity index (χ3n) is 3.38. The molecule has 0 aromatic heterocycles. The first-order valence-electron chi connectivity index (χ1n) is 5.75. The van der Waals surface area contributed by atoms with Gasteiger partial charge in [-0.2, -0.15) is 0 Å². The van der Waals surface area contributed by atoms with Crippen LogP contribution in [0.5, 0.6) is 0 Å². The van der Waals surface area contributed by atoms with E-state index in [9.17, 15) is 4.57 Å². The lowest BCUT2D eigenvalue weighted by Crippen LogP contribution is -2.53. The molecule has 1 aliphatic heterocycles. The van der Waals surface area contributed by atoms with Crippen LogP contribution in [0.2, 0.25) is 0 Å². The van der Waals surface area contributed by atoms with E-state index in [1.54, 1.807) is 0 Å². The van der Waals surface area contributed by atoms with Crippen LogP contribution in [0, 0.1) is 0 Å². The maximum absolute atomic E-state index is 11.7. The largest absolute Gasteiger partial charge is 0.320 e. The number of alkyl halides is 4. The minimum Gasteiger partial charge on any atom is -0.301 e. The molecular weight excluding hydrogens is 341 g/mol. The molecule has 0 spiro atoms. The average Bonchev–Trinajstić information content (AvgIpc) is 2.53. The van der Waals surface area contributed by atoms with Gasteiger partial charge < -0.3 is 9.05 Å². The van der Waals surface area contributed by atoms with Crippen LogP contribution in [-0.4, -0.2) is 34.7 Å². The van der Waals surface area contributed by atoms with E-state index in [0.29, 0.717) is 49.2 Å². The van der Waals surface area contributed by atoms with Crippen LogP contribution in [0.15, 0.2) is 0 Å². The van der Waals surface area contributed by atoms with Crippen molar-refractivity contribution in [2.24, 2.45) is 0 Å². The Morgan fingerprint density at radius 3 is 1.22 bits per heavy atom. The molecule has 8 heteroatoms. The topological polar surface area (TPSA) is 35.5 Å². The first kappa shape index (κ1) is 17.4. The summed E-state index contributed by atoms with van der Waals surface area (Å²) in [5, 5.41) is 0. The third-order valence-corrected chi connectivity index (χ3v) is 5.25. The molecule has 0 N–H and O–H groups in total. The van der Waals surface area contributed by atoms with E-state index in [0.717, 1.165) is 0 Å². The SMILES string of the molecule is O=[PH]1OC(CCCl)(CCCl)C(CCCl)(CCCl)O1. The van der Waals surface area contributed by atoms with Crippen molar-refractivity contribution in [3.8, 4) is 0 Å². The summed E-state index contributed by atoms with van der Waals surface area (Å²) in [5.74, 6) is 1.51. The predicted octanol–water partition coefficient (Wildman–Crippen LogP) is 4.42. The van der Waals surface area contributed by atoms with Crippen molar-refractivity contribution in [2.75, 3.05) is 23.5 Å². The smallest absolute Gasteiger partial charge is 0.301 e. The number of halogens is 4. The highest BCUT2D eigenvalue weighted by Gasteiger charge is 2.58. The van der Waals surface area contributed by atoms with Gasteiger partial charge in [-0.1, -0.05) is 0 Å². The Hall–Kier alpha value is 1.31. The molecule has 3 nitrogen and oxygen atoms in total. The average molecular weight is 358 g/mol. The van der Waals surface area contributed by atoms with Crippen LogP contribution in [0.25, 0.3) is 0 Å². The van der Waals surface area contributed by atoms with Gasteiger partial charge >= 0.3 is 8.25 Å². The molecule has 0 atom stereocenters. The fourth-order valence-electron chi connectivity index (χ4n) is 2.50. The first-order valence-corrected chi connectivity index (χ1v) is 9.12. The maximum Gasteiger partial charge on any atom is 0.320 e. The Balaban J connectivity index is 3.09. The summed E-state index contributed by atoms with van der Waals surface area (Å²) in [4.78, 5) is 0. The van der Waals surface area contributed by atoms with Gasteiger partial charge in [-0.3, -0.25) is 4.57 Å². The minimum absolute atomic E-state index is 0.377. The zero-order valence-corrected chi connectivity index (χ0v) is 13.9. The number of hydrogen-bond donors (Lipinski definition) is 0. The number of hydrogen-bond acceptors (Lipinski definition) is 3. The Bertz CT molecular complexity index is 252. The van der Waals surface area contributed by atoms with Crippen LogP contribution in [0.3, 0.4) is 0 Å². The van der Waals surface area contributed by atoms with E-state index in [1.807, 2.05) is 0 Å². The molecule has 1 aliphatic rings. The van der Waals surface area contributed by atoms with Gasteiger partial charge in [0, 0.05) is 23.5 Å². The van der Waals surface area contributed by atoms with Gasteiger partial charge in [0.1, 0.15) is 11.2 Å². The van der Waals surface area contributed by atoms with E-state index >= 15 is 0 Å². The molecule has 0 amide bonds. The highest BCUT2D eigenvalue weighted by molar-refractivity contribution is 7.33. The summed E-state index contributed by atoms with van der Waals surface area (Å²) >= 11 is 23.4. The monoisotopic (exact) mass is 356 g/mol. The zero-order chi connectivity index (χ0) is 13.6. The predicted molar refractivity (Wildman–Crippen MR) is 78.0 cm³/mol. The molecule has 1 fully saturated rings. The van der Waals surface area contributed by atoms with E-state index in [2.05, 4.69) is 0 Å². The normalized spacial score (nSPS) is 22.4. The lowest BCUT2D eigenvalue weighted by Gasteiger charge is -2.41. The first-order chi connectivity index (χ1) is 8.59. The van der Waals surface area contributed by atoms with Gasteiger partial charge in [0.05, 0.1) is 0 Å². The summed E-state index contributed by atoms with van der Waals surface area (Å²) in [6, 6.07) is 0. The molecule has 1 rings (SSSR count). The summed E-state index contributed by atoms with van der Waals surface area (Å²) < 4.78 is 22.9. The van der Waals surface area contributed by atoms with Gasteiger partial charge in [-0.25, -0.2) is 0 Å². The quantitative estimate of drug-likeness (QED) is 0.476. The summed E-state index contributed by atoms with van der Waals surface area (Å²) in [5.41, 5.74) is -1.48. The van der Waals surface area contributed by atoms with E-state index < -0.39 is 19.5 Å². The molecule has 18 heavy (non-hydrogen) atoms. The van der Waals surface area contributed by atoms with Gasteiger partial charge in [0.15, 0.2) is 0 Å². The fourth-order valence-corrected chi connectivity index (χ4v) is 5.18. The molecule has 0 radical (unpaired) electrons. The van der Waals surface area contributed by atoms with Gasteiger partial charge in [-0.15, -0.1) is 46.4 Å². The second-order valence-electron chi connectivity index (χ2n) is 4.20. The molecule has 108 valence electrons. The van der Waals surface area contributed by atoms with Crippen molar-refractivity contribution in [1.82, 2.24) is 0 Å². The molecule has 0 saturated carbocycles. The van der Waals surface area contributed by atoms with Crippen molar-refractivity contribution in [3.05, 3.63) is 0 Å². The number of rotatable bonds is 8. The van der Waals surface area contributed by atoms with Gasteiger partial charge in [-0.05, 0) is 25.7 Å². The van der Waals surface area contributed by atoms with Crippen molar-refractivity contribution < 1.29 is 13.6 Å². The lowest BCUT2D eigenvalue weighted by molar-refractivity contribution is -0.0578. The molecule has 0 aliphatic carbocycles. The van der Waals surface area contributed by atoms with Gasteiger partial charge in [0.25, 0.3) is 0 Å². The van der Waals surface area contributed by atoms with Crippen LogP contribution in [0.4, 0.5) is 0 Å². The van der Waals surface area contributed by atoms with Crippen LogP contribution >= 0.6 is 54.7 Å². The van der Waals surface area contributed by atoms with Crippen LogP contribution in [0.1, 0.15) is 25.7 Å². The zero-order valence-electron chi connectivity index (χ0n) is 9.89. The summed E-state index contributed by atoms with van der Waals surface area (Å²) in [7, 11) is -2.54. The van der Waals surface area contributed by atoms with Crippen molar-refractivity contribution in [3.63, 3.8) is 0 Å². The van der Waals surface area contributed by atoms with Crippen molar-refractivity contribution in [2.45, 2.75) is 36.9 Å². The van der Waals surface area contributed by atoms with E-state index in [4.69, 9.17) is 55.5 Å². The second kappa shape index (κ2) is 7.93. The highest BCUT2D eigenvalue weighted by atomic mass is 35.5. The lowest BCUT2D eigenvalue weighted by atomic mass is 9.75. The van der Waals surface area contributed by atoms with E-state index in [-0.39, 0.29) is 0 Å². The molecular formula is C10H17Cl4O3P. The molecule has 0 aromatic rings. The Labute approximate surface area is 128 Å². The second-order valence-corrected chi connectivity index (χ2v) is 6.62. The maximum atomic E-state index is 11.7. The fraction of sp³-hybridized carbons (Fsp3) is 1.00.